The lowest BCUT2D eigenvalue weighted by Crippen LogP contribution is -2.46. The van der Waals surface area contributed by atoms with Gasteiger partial charge >= 0.3 is 0 Å². The molecule has 9 nitrogen and oxygen atoms in total. The smallest absolute Gasteiger partial charge is 0.269 e. The molecule has 1 aliphatic rings. The number of nitrogens with one attached hydrogen (secondary N) is 1. The van der Waals surface area contributed by atoms with Crippen molar-refractivity contribution in [2.24, 2.45) is 17.0 Å². The second kappa shape index (κ2) is 7.73. The Labute approximate surface area is 161 Å². The molecular formula is C19H20N4O5. The SMILES string of the molecule is C[C@@H]1C(=NO)[C@@H](C)[C@@H](c2ccc([N+](=O)[O-])cc2)N[C@@H]1c1ccc([N+](=O)[O-])cc1. The maximum atomic E-state index is 10.9. The highest BCUT2D eigenvalue weighted by atomic mass is 16.6. The molecule has 0 bridgehead atoms. The standard InChI is InChI=1S/C19H20N4O5/c1-11-17(21-24)12(2)19(14-5-9-16(10-6-14)23(27)28)20-18(11)13-3-7-15(8-4-13)22(25)26/h3-12,18-20,24H,1-2H3/t11-,12-,18+,19+/m1/s1. The van der Waals surface area contributed by atoms with E-state index in [0.29, 0.717) is 5.71 Å². The molecule has 0 saturated carbocycles. The fourth-order valence-corrected chi connectivity index (χ4v) is 3.80. The first-order chi connectivity index (χ1) is 13.3. The van der Waals surface area contributed by atoms with Gasteiger partial charge in [-0.05, 0) is 11.1 Å². The van der Waals surface area contributed by atoms with Crippen LogP contribution in [0.3, 0.4) is 0 Å². The Morgan fingerprint density at radius 1 is 0.821 bits per heavy atom. The lowest BCUT2D eigenvalue weighted by Gasteiger charge is -2.41. The van der Waals surface area contributed by atoms with Gasteiger partial charge < -0.3 is 10.5 Å². The van der Waals surface area contributed by atoms with E-state index in [1.54, 1.807) is 24.3 Å². The molecule has 0 aromatic heterocycles. The first-order valence-corrected chi connectivity index (χ1v) is 8.80. The molecule has 3 rings (SSSR count). The third-order valence-electron chi connectivity index (χ3n) is 5.33. The number of piperidine rings is 1. The lowest BCUT2D eigenvalue weighted by molar-refractivity contribution is -0.385. The minimum atomic E-state index is -0.454. The summed E-state index contributed by atoms with van der Waals surface area (Å²) in [4.78, 5) is 20.9. The zero-order valence-corrected chi connectivity index (χ0v) is 15.4. The van der Waals surface area contributed by atoms with Crippen molar-refractivity contribution in [1.82, 2.24) is 5.32 Å². The average Bonchev–Trinajstić information content (AvgIpc) is 2.69. The van der Waals surface area contributed by atoms with E-state index < -0.39 is 9.85 Å². The summed E-state index contributed by atoms with van der Waals surface area (Å²) in [6, 6.07) is 12.0. The van der Waals surface area contributed by atoms with E-state index in [1.165, 1.54) is 24.3 Å². The number of oxime groups is 1. The predicted octanol–water partition coefficient (Wildman–Crippen LogP) is 3.99. The van der Waals surface area contributed by atoms with E-state index in [9.17, 15) is 25.4 Å². The Kier molecular flexibility index (Phi) is 5.36. The number of nitro benzene ring substituents is 2. The second-order valence-electron chi connectivity index (χ2n) is 6.92. The molecule has 146 valence electrons. The predicted molar refractivity (Wildman–Crippen MR) is 102 cm³/mol. The van der Waals surface area contributed by atoms with Crippen LogP contribution in [-0.2, 0) is 0 Å². The van der Waals surface area contributed by atoms with E-state index in [-0.39, 0.29) is 35.3 Å². The molecule has 2 aromatic rings. The van der Waals surface area contributed by atoms with Crippen molar-refractivity contribution in [3.8, 4) is 0 Å². The van der Waals surface area contributed by atoms with Crippen molar-refractivity contribution in [3.05, 3.63) is 79.9 Å². The van der Waals surface area contributed by atoms with Crippen molar-refractivity contribution in [2.45, 2.75) is 25.9 Å². The molecule has 0 radical (unpaired) electrons. The minimum absolute atomic E-state index is 0.00329. The van der Waals surface area contributed by atoms with Crippen LogP contribution < -0.4 is 5.32 Å². The van der Waals surface area contributed by atoms with Gasteiger partial charge in [0.05, 0.1) is 15.6 Å². The number of benzene rings is 2. The van der Waals surface area contributed by atoms with E-state index >= 15 is 0 Å². The van der Waals surface area contributed by atoms with Crippen LogP contribution in [0.5, 0.6) is 0 Å². The summed E-state index contributed by atoms with van der Waals surface area (Å²) >= 11 is 0. The molecular weight excluding hydrogens is 364 g/mol. The van der Waals surface area contributed by atoms with Crippen molar-refractivity contribution in [1.29, 1.82) is 0 Å². The molecule has 0 spiro atoms. The van der Waals surface area contributed by atoms with Gasteiger partial charge in [-0.25, -0.2) is 0 Å². The van der Waals surface area contributed by atoms with Gasteiger partial charge in [-0.2, -0.15) is 0 Å². The van der Waals surface area contributed by atoms with Crippen LogP contribution in [0.15, 0.2) is 53.7 Å². The maximum Gasteiger partial charge on any atom is 0.269 e. The summed E-state index contributed by atoms with van der Waals surface area (Å²) in [6.45, 7) is 3.85. The molecule has 1 heterocycles. The Morgan fingerprint density at radius 2 is 1.18 bits per heavy atom. The van der Waals surface area contributed by atoms with Gasteiger partial charge in [0.15, 0.2) is 0 Å². The number of non-ortho nitro benzene ring substituents is 2. The van der Waals surface area contributed by atoms with Crippen LogP contribution in [0.25, 0.3) is 0 Å². The number of hydrogen-bond acceptors (Lipinski definition) is 7. The van der Waals surface area contributed by atoms with Crippen LogP contribution in [-0.4, -0.2) is 20.8 Å². The number of hydrogen-bond donors (Lipinski definition) is 2. The Balaban J connectivity index is 1.95. The number of nitrogens with zero attached hydrogens (tertiary/aromatic N) is 3. The molecule has 9 heteroatoms. The summed E-state index contributed by atoms with van der Waals surface area (Å²) < 4.78 is 0. The quantitative estimate of drug-likeness (QED) is 0.465. The molecule has 0 aliphatic carbocycles. The van der Waals surface area contributed by atoms with Crippen molar-refractivity contribution < 1.29 is 15.1 Å². The van der Waals surface area contributed by atoms with Gasteiger partial charge in [0.2, 0.25) is 0 Å². The lowest BCUT2D eigenvalue weighted by atomic mass is 9.75. The minimum Gasteiger partial charge on any atom is -0.411 e. The topological polar surface area (TPSA) is 131 Å². The summed E-state index contributed by atoms with van der Waals surface area (Å²) in [5.41, 5.74) is 2.27. The molecule has 28 heavy (non-hydrogen) atoms. The normalized spacial score (nSPS) is 24.6. The van der Waals surface area contributed by atoms with Crippen LogP contribution >= 0.6 is 0 Å². The van der Waals surface area contributed by atoms with Gasteiger partial charge in [-0.15, -0.1) is 0 Å². The molecule has 1 fully saturated rings. The van der Waals surface area contributed by atoms with Crippen molar-refractivity contribution in [3.63, 3.8) is 0 Å². The van der Waals surface area contributed by atoms with E-state index in [2.05, 4.69) is 10.5 Å². The Bertz CT molecular complexity index is 839. The van der Waals surface area contributed by atoms with Gasteiger partial charge in [0.25, 0.3) is 11.4 Å². The largest absolute Gasteiger partial charge is 0.411 e. The summed E-state index contributed by atoms with van der Waals surface area (Å²) in [6.07, 6.45) is 0. The molecule has 4 atom stereocenters. The summed E-state index contributed by atoms with van der Waals surface area (Å²) in [5.74, 6) is -0.286. The number of rotatable bonds is 4. The first kappa shape index (κ1) is 19.4. The summed E-state index contributed by atoms with van der Waals surface area (Å²) in [5, 5.41) is 38.4. The van der Waals surface area contributed by atoms with Crippen LogP contribution in [0.4, 0.5) is 11.4 Å². The van der Waals surface area contributed by atoms with Crippen molar-refractivity contribution >= 4 is 17.1 Å². The van der Waals surface area contributed by atoms with Gasteiger partial charge in [-0.3, -0.25) is 20.2 Å². The molecule has 2 aromatic carbocycles. The Hall–Kier alpha value is -3.33. The third-order valence-corrected chi connectivity index (χ3v) is 5.33. The van der Waals surface area contributed by atoms with E-state index in [4.69, 9.17) is 0 Å². The van der Waals surface area contributed by atoms with E-state index in [0.717, 1.165) is 11.1 Å². The van der Waals surface area contributed by atoms with Crippen LogP contribution in [0.1, 0.15) is 37.1 Å². The highest BCUT2D eigenvalue weighted by molar-refractivity contribution is 5.90. The first-order valence-electron chi connectivity index (χ1n) is 8.80. The summed E-state index contributed by atoms with van der Waals surface area (Å²) in [7, 11) is 0. The molecule has 2 N–H and O–H groups in total. The second-order valence-corrected chi connectivity index (χ2v) is 6.92. The molecule has 0 amide bonds. The highest BCUT2D eigenvalue weighted by Crippen LogP contribution is 2.39. The van der Waals surface area contributed by atoms with Crippen molar-refractivity contribution in [2.75, 3.05) is 0 Å². The zero-order chi connectivity index (χ0) is 20.4. The monoisotopic (exact) mass is 384 g/mol. The van der Waals surface area contributed by atoms with Gasteiger partial charge in [0.1, 0.15) is 0 Å². The average molecular weight is 384 g/mol. The zero-order valence-electron chi connectivity index (χ0n) is 15.4. The fraction of sp³-hybridized carbons (Fsp3) is 0.316. The fourth-order valence-electron chi connectivity index (χ4n) is 3.80. The van der Waals surface area contributed by atoms with Gasteiger partial charge in [-0.1, -0.05) is 43.3 Å². The van der Waals surface area contributed by atoms with E-state index in [1.807, 2.05) is 13.8 Å². The number of nitro groups is 2. The Morgan fingerprint density at radius 3 is 1.46 bits per heavy atom. The molecule has 1 aliphatic heterocycles. The maximum absolute atomic E-state index is 10.9. The molecule has 0 unspecified atom stereocenters. The van der Waals surface area contributed by atoms with Crippen LogP contribution in [0, 0.1) is 32.1 Å². The third kappa shape index (κ3) is 3.56. The highest BCUT2D eigenvalue weighted by Gasteiger charge is 2.39. The van der Waals surface area contributed by atoms with Crippen LogP contribution in [0.2, 0.25) is 0 Å². The molecule has 1 saturated heterocycles. The van der Waals surface area contributed by atoms with Gasteiger partial charge in [0, 0.05) is 48.2 Å².